The van der Waals surface area contributed by atoms with E-state index in [2.05, 4.69) is 48.9 Å². The molecule has 1 amide bonds. The van der Waals surface area contributed by atoms with Crippen molar-refractivity contribution in [2.75, 3.05) is 0 Å². The highest BCUT2D eigenvalue weighted by molar-refractivity contribution is 5.94. The quantitative estimate of drug-likeness (QED) is 0.531. The summed E-state index contributed by atoms with van der Waals surface area (Å²) in [7, 11) is 0. The predicted molar refractivity (Wildman–Crippen MR) is 117 cm³/mol. The molecule has 0 atom stereocenters. The molecule has 0 bridgehead atoms. The van der Waals surface area contributed by atoms with Crippen molar-refractivity contribution in [3.63, 3.8) is 0 Å². The summed E-state index contributed by atoms with van der Waals surface area (Å²) in [6.07, 6.45) is 0. The monoisotopic (exact) mass is 383 g/mol. The summed E-state index contributed by atoms with van der Waals surface area (Å²) in [6.45, 7) is 7.55. The van der Waals surface area contributed by atoms with Crippen molar-refractivity contribution in [2.24, 2.45) is 0 Å². The average Bonchev–Trinajstić information content (AvgIpc) is 3.07. The lowest BCUT2D eigenvalue weighted by atomic mass is 9.99. The lowest BCUT2D eigenvalue weighted by Crippen LogP contribution is -2.25. The van der Waals surface area contributed by atoms with Gasteiger partial charge in [0.15, 0.2) is 0 Å². The van der Waals surface area contributed by atoms with Crippen LogP contribution in [0.5, 0.6) is 0 Å². The highest BCUT2D eigenvalue weighted by atomic mass is 16.1. The third kappa shape index (κ3) is 3.92. The average molecular weight is 383 g/mol. The van der Waals surface area contributed by atoms with Gasteiger partial charge in [0.05, 0.1) is 17.6 Å². The first-order chi connectivity index (χ1) is 14.0. The summed E-state index contributed by atoms with van der Waals surface area (Å²) in [5.74, 6) is 0.766. The van der Waals surface area contributed by atoms with Gasteiger partial charge in [-0.2, -0.15) is 0 Å². The molecule has 0 radical (unpaired) electrons. The van der Waals surface area contributed by atoms with Gasteiger partial charge in [-0.15, -0.1) is 0 Å². The normalized spacial score (nSPS) is 11.0. The van der Waals surface area contributed by atoms with Gasteiger partial charge in [-0.1, -0.05) is 48.0 Å². The van der Waals surface area contributed by atoms with Gasteiger partial charge in [0.25, 0.3) is 5.91 Å². The molecule has 0 spiro atoms. The number of hydrogen-bond donors (Lipinski definition) is 1. The standard InChI is InChI=1S/C25H25N3O/c1-17-13-18(2)21(19(3)14-17)16-28-23-12-8-7-11-22(23)27-24(28)15-26-25(29)20-9-5-4-6-10-20/h4-14H,15-16H2,1-3H3,(H,26,29). The Morgan fingerprint density at radius 1 is 0.931 bits per heavy atom. The molecule has 29 heavy (non-hydrogen) atoms. The summed E-state index contributed by atoms with van der Waals surface area (Å²) in [6, 6.07) is 21.8. The van der Waals surface area contributed by atoms with Crippen LogP contribution in [0, 0.1) is 20.8 Å². The predicted octanol–water partition coefficient (Wildman–Crippen LogP) is 4.94. The first-order valence-electron chi connectivity index (χ1n) is 9.87. The van der Waals surface area contributed by atoms with E-state index < -0.39 is 0 Å². The molecule has 0 aliphatic rings. The summed E-state index contributed by atoms with van der Waals surface area (Å²) < 4.78 is 2.21. The van der Waals surface area contributed by atoms with Crippen molar-refractivity contribution in [1.29, 1.82) is 0 Å². The van der Waals surface area contributed by atoms with Gasteiger partial charge in [-0.3, -0.25) is 4.79 Å². The Labute approximate surface area is 171 Å². The van der Waals surface area contributed by atoms with E-state index in [0.717, 1.165) is 23.4 Å². The molecule has 146 valence electrons. The largest absolute Gasteiger partial charge is 0.345 e. The van der Waals surface area contributed by atoms with Gasteiger partial charge >= 0.3 is 0 Å². The maximum Gasteiger partial charge on any atom is 0.251 e. The minimum atomic E-state index is -0.0908. The molecule has 4 aromatic rings. The van der Waals surface area contributed by atoms with Crippen molar-refractivity contribution < 1.29 is 4.79 Å². The Kier molecular flexibility index (Phi) is 5.17. The van der Waals surface area contributed by atoms with E-state index in [1.54, 1.807) is 0 Å². The van der Waals surface area contributed by atoms with Crippen LogP contribution >= 0.6 is 0 Å². The number of fused-ring (bicyclic) bond motifs is 1. The van der Waals surface area contributed by atoms with E-state index in [4.69, 9.17) is 4.98 Å². The summed E-state index contributed by atoms with van der Waals surface area (Å²) in [4.78, 5) is 17.3. The van der Waals surface area contributed by atoms with Crippen molar-refractivity contribution in [2.45, 2.75) is 33.9 Å². The Balaban J connectivity index is 1.67. The Bertz CT molecular complexity index is 1150. The summed E-state index contributed by atoms with van der Waals surface area (Å²) >= 11 is 0. The molecule has 4 heteroatoms. The lowest BCUT2D eigenvalue weighted by Gasteiger charge is -2.15. The molecule has 4 nitrogen and oxygen atoms in total. The molecular weight excluding hydrogens is 358 g/mol. The van der Waals surface area contributed by atoms with E-state index >= 15 is 0 Å². The SMILES string of the molecule is Cc1cc(C)c(Cn2c(CNC(=O)c3ccccc3)nc3ccccc32)c(C)c1. The number of rotatable bonds is 5. The second-order valence-electron chi connectivity index (χ2n) is 7.53. The van der Waals surface area contributed by atoms with E-state index in [-0.39, 0.29) is 5.91 Å². The van der Waals surface area contributed by atoms with E-state index in [1.807, 2.05) is 48.5 Å². The van der Waals surface area contributed by atoms with Gasteiger partial charge in [0, 0.05) is 12.1 Å². The van der Waals surface area contributed by atoms with Crippen LogP contribution in [0.1, 0.15) is 38.4 Å². The molecule has 0 aliphatic heterocycles. The van der Waals surface area contributed by atoms with Crippen LogP contribution < -0.4 is 5.32 Å². The maximum absolute atomic E-state index is 12.5. The van der Waals surface area contributed by atoms with Gasteiger partial charge in [-0.25, -0.2) is 4.98 Å². The number of nitrogens with zero attached hydrogens (tertiary/aromatic N) is 2. The molecular formula is C25H25N3O. The maximum atomic E-state index is 12.5. The number of hydrogen-bond acceptors (Lipinski definition) is 2. The fraction of sp³-hybridized carbons (Fsp3) is 0.200. The molecule has 1 heterocycles. The van der Waals surface area contributed by atoms with Crippen LogP contribution in [0.4, 0.5) is 0 Å². The summed E-state index contributed by atoms with van der Waals surface area (Å²) in [5.41, 5.74) is 7.80. The second kappa shape index (κ2) is 7.92. The minimum absolute atomic E-state index is 0.0908. The van der Waals surface area contributed by atoms with Gasteiger partial charge in [0.1, 0.15) is 5.82 Å². The minimum Gasteiger partial charge on any atom is -0.345 e. The first-order valence-corrected chi connectivity index (χ1v) is 9.87. The van der Waals surface area contributed by atoms with Crippen molar-refractivity contribution >= 4 is 16.9 Å². The van der Waals surface area contributed by atoms with Crippen molar-refractivity contribution in [1.82, 2.24) is 14.9 Å². The Morgan fingerprint density at radius 3 is 2.31 bits per heavy atom. The molecule has 1 N–H and O–H groups in total. The fourth-order valence-corrected chi connectivity index (χ4v) is 3.91. The molecule has 4 rings (SSSR count). The topological polar surface area (TPSA) is 46.9 Å². The van der Waals surface area contributed by atoms with Crippen molar-refractivity contribution in [3.8, 4) is 0 Å². The highest BCUT2D eigenvalue weighted by Gasteiger charge is 2.14. The number of imidazole rings is 1. The molecule has 0 saturated heterocycles. The van der Waals surface area contributed by atoms with Crippen molar-refractivity contribution in [3.05, 3.63) is 100 Å². The third-order valence-electron chi connectivity index (χ3n) is 5.33. The molecule has 3 aromatic carbocycles. The van der Waals surface area contributed by atoms with E-state index in [9.17, 15) is 4.79 Å². The zero-order valence-electron chi connectivity index (χ0n) is 17.1. The van der Waals surface area contributed by atoms with E-state index in [1.165, 1.54) is 22.3 Å². The highest BCUT2D eigenvalue weighted by Crippen LogP contribution is 2.22. The smallest absolute Gasteiger partial charge is 0.251 e. The number of carbonyl (C=O) groups excluding carboxylic acids is 1. The van der Waals surface area contributed by atoms with Gasteiger partial charge in [-0.05, 0) is 61.7 Å². The molecule has 0 fully saturated rings. The van der Waals surface area contributed by atoms with Crippen LogP contribution in [0.15, 0.2) is 66.7 Å². The number of aryl methyl sites for hydroxylation is 3. The van der Waals surface area contributed by atoms with Crippen LogP contribution in [0.2, 0.25) is 0 Å². The first kappa shape index (κ1) is 18.9. The van der Waals surface area contributed by atoms with Crippen LogP contribution in [0.25, 0.3) is 11.0 Å². The third-order valence-corrected chi connectivity index (χ3v) is 5.33. The Hall–Kier alpha value is -3.40. The Morgan fingerprint density at radius 2 is 1.59 bits per heavy atom. The lowest BCUT2D eigenvalue weighted by molar-refractivity contribution is 0.0949. The molecule has 0 aliphatic carbocycles. The number of nitrogens with one attached hydrogen (secondary N) is 1. The molecule has 0 saturated carbocycles. The number of carbonyl (C=O) groups is 1. The zero-order chi connectivity index (χ0) is 20.4. The fourth-order valence-electron chi connectivity index (χ4n) is 3.91. The molecule has 1 aromatic heterocycles. The van der Waals surface area contributed by atoms with E-state index in [0.29, 0.717) is 12.1 Å². The number of aromatic nitrogens is 2. The van der Waals surface area contributed by atoms with Gasteiger partial charge < -0.3 is 9.88 Å². The second-order valence-corrected chi connectivity index (χ2v) is 7.53. The molecule has 0 unspecified atom stereocenters. The van der Waals surface area contributed by atoms with Crippen LogP contribution in [-0.2, 0) is 13.1 Å². The van der Waals surface area contributed by atoms with Crippen LogP contribution in [-0.4, -0.2) is 15.5 Å². The number of para-hydroxylation sites is 2. The summed E-state index contributed by atoms with van der Waals surface area (Å²) in [5, 5.41) is 3.02. The van der Waals surface area contributed by atoms with Gasteiger partial charge in [0.2, 0.25) is 0 Å². The number of benzene rings is 3. The van der Waals surface area contributed by atoms with Crippen LogP contribution in [0.3, 0.4) is 0 Å². The number of amides is 1. The zero-order valence-corrected chi connectivity index (χ0v) is 17.1.